The molecule has 2 aliphatic rings. The lowest BCUT2D eigenvalue weighted by molar-refractivity contribution is -0.140. The Balaban J connectivity index is 1.28. The lowest BCUT2D eigenvalue weighted by atomic mass is 9.95. The quantitative estimate of drug-likeness (QED) is 0.155. The lowest BCUT2D eigenvalue weighted by Crippen LogP contribution is -2.55. The number of rotatable bonds is 13. The number of aliphatic imine (C=N–C) groups is 1. The summed E-state index contributed by atoms with van der Waals surface area (Å²) in [7, 11) is -3.92. The van der Waals surface area contributed by atoms with E-state index in [0.717, 1.165) is 48.1 Å². The molecule has 0 radical (unpaired) electrons. The molecule has 2 fully saturated rings. The zero-order valence-corrected chi connectivity index (χ0v) is 29.1. The molecular formula is C35H45N7O5S2. The number of carbonyl (C=O) groups is 3. The fourth-order valence-corrected chi connectivity index (χ4v) is 8.51. The van der Waals surface area contributed by atoms with Crippen molar-refractivity contribution < 1.29 is 22.8 Å². The molecule has 1 aliphatic carbocycles. The standard InChI is InChI=1S/C35H45N7O5S2/c36-28(21-24-11-4-1-5-12-24)33(43)39-29(22-25-13-6-2-7-14-25)35(45)41-20-10-17-30(41)34(44)40-32(37)31-19-18-27(48-31)23-42(49(38,46)47)26-15-8-3-9-16-26/h1-2,4-7,11-14,18-19,26,28-30H,3,8-10,15-17,20-23,36H2,(H,39,43)(H2,37,40,44)(H2,38,46,47)/t28-,29-,30-/m0/s1. The predicted octanol–water partition coefficient (Wildman–Crippen LogP) is 2.61. The molecule has 3 amide bonds. The molecule has 0 unspecified atom stereocenters. The normalized spacial score (nSPS) is 18.7. The third-order valence-electron chi connectivity index (χ3n) is 9.12. The van der Waals surface area contributed by atoms with Gasteiger partial charge in [-0.15, -0.1) is 11.3 Å². The van der Waals surface area contributed by atoms with E-state index in [1.54, 1.807) is 12.1 Å². The number of hydrogen-bond acceptors (Lipinski definition) is 7. The second-order valence-corrected chi connectivity index (χ2v) is 15.4. The van der Waals surface area contributed by atoms with Gasteiger partial charge in [0.25, 0.3) is 16.1 Å². The molecule has 49 heavy (non-hydrogen) atoms. The zero-order chi connectivity index (χ0) is 35.0. The zero-order valence-electron chi connectivity index (χ0n) is 27.4. The molecule has 262 valence electrons. The van der Waals surface area contributed by atoms with E-state index in [2.05, 4.69) is 10.3 Å². The molecule has 1 aromatic heterocycles. The summed E-state index contributed by atoms with van der Waals surface area (Å²) in [5.41, 5.74) is 14.3. The SMILES string of the molecule is NC(=NC(=O)[C@@H]1CCCN1C(=O)[C@H](Cc1ccccc1)NC(=O)[C@@H](N)Cc1ccccc1)c1ccc(CN(C2CCCCC2)S(N)(=O)=O)s1. The monoisotopic (exact) mass is 707 g/mol. The molecule has 12 nitrogen and oxygen atoms in total. The lowest BCUT2D eigenvalue weighted by Gasteiger charge is -2.31. The first-order chi connectivity index (χ1) is 23.5. The van der Waals surface area contributed by atoms with Crippen LogP contribution in [0.3, 0.4) is 0 Å². The fourth-order valence-electron chi connectivity index (χ4n) is 6.58. The topological polar surface area (TPSA) is 194 Å². The van der Waals surface area contributed by atoms with Gasteiger partial charge in [0.15, 0.2) is 0 Å². The molecule has 5 rings (SSSR count). The highest BCUT2D eigenvalue weighted by Crippen LogP contribution is 2.28. The Morgan fingerprint density at radius 1 is 0.898 bits per heavy atom. The average molecular weight is 708 g/mol. The van der Waals surface area contributed by atoms with E-state index in [0.29, 0.717) is 30.7 Å². The first-order valence-electron chi connectivity index (χ1n) is 16.7. The first kappa shape index (κ1) is 36.3. The Kier molecular flexibility index (Phi) is 12.3. The highest BCUT2D eigenvalue weighted by Gasteiger charge is 2.38. The number of carbonyl (C=O) groups excluding carboxylic acids is 3. The summed E-state index contributed by atoms with van der Waals surface area (Å²) in [5.74, 6) is -1.42. The van der Waals surface area contributed by atoms with Gasteiger partial charge >= 0.3 is 0 Å². The van der Waals surface area contributed by atoms with Gasteiger partial charge in [0.1, 0.15) is 17.9 Å². The van der Waals surface area contributed by atoms with Crippen molar-refractivity contribution in [2.24, 2.45) is 21.6 Å². The van der Waals surface area contributed by atoms with Crippen LogP contribution >= 0.6 is 11.3 Å². The van der Waals surface area contributed by atoms with Crippen molar-refractivity contribution in [2.75, 3.05) is 6.54 Å². The van der Waals surface area contributed by atoms with E-state index in [1.165, 1.54) is 20.5 Å². The molecule has 2 aromatic carbocycles. The van der Waals surface area contributed by atoms with Crippen LogP contribution in [0.15, 0.2) is 77.8 Å². The molecule has 1 aliphatic heterocycles. The van der Waals surface area contributed by atoms with Gasteiger partial charge in [0.2, 0.25) is 11.8 Å². The molecule has 0 spiro atoms. The highest BCUT2D eigenvalue weighted by atomic mass is 32.2. The van der Waals surface area contributed by atoms with Gasteiger partial charge in [0, 0.05) is 30.4 Å². The van der Waals surface area contributed by atoms with E-state index >= 15 is 0 Å². The molecule has 7 N–H and O–H groups in total. The number of benzene rings is 2. The number of nitrogens with zero attached hydrogens (tertiary/aromatic N) is 3. The number of amides is 3. The van der Waals surface area contributed by atoms with Crippen LogP contribution in [0.5, 0.6) is 0 Å². The van der Waals surface area contributed by atoms with Crippen molar-refractivity contribution in [2.45, 2.75) is 88.5 Å². The van der Waals surface area contributed by atoms with Gasteiger partial charge in [0.05, 0.1) is 10.9 Å². The first-order valence-corrected chi connectivity index (χ1v) is 19.0. The van der Waals surface area contributed by atoms with Gasteiger partial charge in [-0.2, -0.15) is 17.7 Å². The number of amidine groups is 1. The van der Waals surface area contributed by atoms with E-state index in [-0.39, 0.29) is 24.8 Å². The Morgan fingerprint density at radius 2 is 1.53 bits per heavy atom. The van der Waals surface area contributed by atoms with Crippen molar-refractivity contribution in [3.8, 4) is 0 Å². The largest absolute Gasteiger partial charge is 0.382 e. The van der Waals surface area contributed by atoms with Crippen molar-refractivity contribution in [3.05, 3.63) is 93.7 Å². The summed E-state index contributed by atoms with van der Waals surface area (Å²) in [6.07, 6.45) is 6.04. The van der Waals surface area contributed by atoms with Crippen LogP contribution < -0.4 is 21.9 Å². The molecule has 3 atom stereocenters. The van der Waals surface area contributed by atoms with Crippen molar-refractivity contribution in [1.82, 2.24) is 14.5 Å². The maximum Gasteiger partial charge on any atom is 0.277 e. The molecule has 1 saturated heterocycles. The van der Waals surface area contributed by atoms with E-state index in [9.17, 15) is 22.8 Å². The second kappa shape index (κ2) is 16.6. The molecule has 2 heterocycles. The van der Waals surface area contributed by atoms with Crippen LogP contribution in [0.2, 0.25) is 0 Å². The average Bonchev–Trinajstić information content (AvgIpc) is 3.78. The minimum Gasteiger partial charge on any atom is -0.382 e. The van der Waals surface area contributed by atoms with Crippen LogP contribution in [-0.4, -0.2) is 71.9 Å². The van der Waals surface area contributed by atoms with Crippen LogP contribution in [0.25, 0.3) is 0 Å². The summed E-state index contributed by atoms with van der Waals surface area (Å²) in [6, 6.07) is 19.4. The third-order valence-corrected chi connectivity index (χ3v) is 11.3. The van der Waals surface area contributed by atoms with Gasteiger partial charge in [-0.05, 0) is 55.4 Å². The fraction of sp³-hybridized carbons (Fsp3) is 0.429. The second-order valence-electron chi connectivity index (χ2n) is 12.7. The smallest absolute Gasteiger partial charge is 0.277 e. The minimum absolute atomic E-state index is 0.0126. The van der Waals surface area contributed by atoms with Crippen molar-refractivity contribution in [1.29, 1.82) is 0 Å². The van der Waals surface area contributed by atoms with Crippen LogP contribution in [0.1, 0.15) is 65.8 Å². The van der Waals surface area contributed by atoms with Gasteiger partial charge in [-0.3, -0.25) is 14.4 Å². The van der Waals surface area contributed by atoms with E-state index in [4.69, 9.17) is 16.6 Å². The van der Waals surface area contributed by atoms with Crippen LogP contribution in [0, 0.1) is 0 Å². The highest BCUT2D eigenvalue weighted by molar-refractivity contribution is 7.86. The van der Waals surface area contributed by atoms with Gasteiger partial charge in [-0.25, -0.2) is 5.14 Å². The molecule has 0 bridgehead atoms. The number of hydrogen-bond donors (Lipinski definition) is 4. The Bertz CT molecular complexity index is 1730. The number of nitrogens with two attached hydrogens (primary N) is 3. The number of likely N-dealkylation sites (tertiary alicyclic amines) is 1. The number of nitrogens with one attached hydrogen (secondary N) is 1. The van der Waals surface area contributed by atoms with Crippen molar-refractivity contribution >= 4 is 45.1 Å². The predicted molar refractivity (Wildman–Crippen MR) is 191 cm³/mol. The summed E-state index contributed by atoms with van der Waals surface area (Å²) in [4.78, 5) is 47.7. The maximum absolute atomic E-state index is 14.0. The molecule has 14 heteroatoms. The molecular weight excluding hydrogens is 663 g/mol. The summed E-state index contributed by atoms with van der Waals surface area (Å²) in [5, 5.41) is 8.44. The van der Waals surface area contributed by atoms with Gasteiger partial charge < -0.3 is 21.7 Å². The summed E-state index contributed by atoms with van der Waals surface area (Å²) in [6.45, 7) is 0.444. The Morgan fingerprint density at radius 3 is 2.16 bits per heavy atom. The summed E-state index contributed by atoms with van der Waals surface area (Å²) < 4.78 is 26.2. The van der Waals surface area contributed by atoms with E-state index < -0.39 is 46.1 Å². The molecule has 3 aromatic rings. The minimum atomic E-state index is -3.92. The van der Waals surface area contributed by atoms with E-state index in [1.807, 2.05) is 60.7 Å². The number of thiophene rings is 1. The van der Waals surface area contributed by atoms with Crippen LogP contribution in [0.4, 0.5) is 0 Å². The molecule has 1 saturated carbocycles. The summed E-state index contributed by atoms with van der Waals surface area (Å²) >= 11 is 1.25. The van der Waals surface area contributed by atoms with Gasteiger partial charge in [-0.1, -0.05) is 79.9 Å². The van der Waals surface area contributed by atoms with Crippen LogP contribution in [-0.2, 0) is 44.0 Å². The Hall–Kier alpha value is -3.95. The maximum atomic E-state index is 14.0. The Labute approximate surface area is 291 Å². The third kappa shape index (κ3) is 9.82. The van der Waals surface area contributed by atoms with Crippen molar-refractivity contribution in [3.63, 3.8) is 0 Å².